The fourth-order valence-electron chi connectivity index (χ4n) is 2.80. The Morgan fingerprint density at radius 2 is 1.50 bits per heavy atom. The topological polar surface area (TPSA) is 61.7 Å². The number of hydroxylamine groups is 1. The molecule has 0 saturated carbocycles. The number of benzene rings is 2. The molecule has 1 saturated heterocycles. The second kappa shape index (κ2) is 4.68. The van der Waals surface area contributed by atoms with E-state index < -0.39 is 17.4 Å². The minimum atomic E-state index is -1.51. The summed E-state index contributed by atoms with van der Waals surface area (Å²) in [5, 5.41) is 21.5. The SMILES string of the molecule is CC1(O)ONC(O)(c2ccccc2)C1c1ccccc1. The molecule has 0 bridgehead atoms. The summed E-state index contributed by atoms with van der Waals surface area (Å²) in [5.74, 6) is -2.15. The van der Waals surface area contributed by atoms with Gasteiger partial charge in [0, 0.05) is 5.56 Å². The molecule has 1 heterocycles. The van der Waals surface area contributed by atoms with Gasteiger partial charge in [0.2, 0.25) is 0 Å². The zero-order valence-corrected chi connectivity index (χ0v) is 11.2. The summed E-state index contributed by atoms with van der Waals surface area (Å²) < 4.78 is 0. The van der Waals surface area contributed by atoms with Crippen LogP contribution in [0, 0.1) is 0 Å². The van der Waals surface area contributed by atoms with Crippen LogP contribution in [-0.2, 0) is 10.6 Å². The highest BCUT2D eigenvalue weighted by molar-refractivity contribution is 5.33. The van der Waals surface area contributed by atoms with Crippen molar-refractivity contribution in [3.63, 3.8) is 0 Å². The maximum Gasteiger partial charge on any atom is 0.193 e. The Labute approximate surface area is 117 Å². The fraction of sp³-hybridized carbons (Fsp3) is 0.250. The minimum absolute atomic E-state index is 0.640. The van der Waals surface area contributed by atoms with Crippen molar-refractivity contribution in [2.75, 3.05) is 0 Å². The van der Waals surface area contributed by atoms with Crippen molar-refractivity contribution >= 4 is 0 Å². The third-order valence-electron chi connectivity index (χ3n) is 3.71. The van der Waals surface area contributed by atoms with E-state index in [4.69, 9.17) is 4.84 Å². The van der Waals surface area contributed by atoms with Crippen LogP contribution >= 0.6 is 0 Å². The van der Waals surface area contributed by atoms with E-state index in [2.05, 4.69) is 5.48 Å². The van der Waals surface area contributed by atoms with Gasteiger partial charge < -0.3 is 10.2 Å². The second-order valence-electron chi connectivity index (χ2n) is 5.23. The van der Waals surface area contributed by atoms with Crippen molar-refractivity contribution in [3.8, 4) is 0 Å². The largest absolute Gasteiger partial charge is 0.369 e. The number of rotatable bonds is 2. The summed E-state index contributed by atoms with van der Waals surface area (Å²) >= 11 is 0. The predicted molar refractivity (Wildman–Crippen MR) is 74.4 cm³/mol. The van der Waals surface area contributed by atoms with E-state index in [1.54, 1.807) is 19.1 Å². The molecule has 1 fully saturated rings. The molecular weight excluding hydrogens is 254 g/mol. The number of aliphatic hydroxyl groups is 2. The van der Waals surface area contributed by atoms with Gasteiger partial charge in [0.1, 0.15) is 0 Å². The quantitative estimate of drug-likeness (QED) is 0.780. The van der Waals surface area contributed by atoms with E-state index in [-0.39, 0.29) is 0 Å². The zero-order valence-electron chi connectivity index (χ0n) is 11.2. The zero-order chi connectivity index (χ0) is 14.2. The maximum absolute atomic E-state index is 11.0. The first kappa shape index (κ1) is 13.3. The summed E-state index contributed by atoms with van der Waals surface area (Å²) in [4.78, 5) is 5.23. The van der Waals surface area contributed by atoms with Crippen LogP contribution < -0.4 is 5.48 Å². The first-order valence-electron chi connectivity index (χ1n) is 6.54. The van der Waals surface area contributed by atoms with E-state index in [9.17, 15) is 10.2 Å². The van der Waals surface area contributed by atoms with Crippen LogP contribution in [0.5, 0.6) is 0 Å². The average Bonchev–Trinajstić information content (AvgIpc) is 2.72. The van der Waals surface area contributed by atoms with Crippen LogP contribution in [0.3, 0.4) is 0 Å². The van der Waals surface area contributed by atoms with E-state index in [1.165, 1.54) is 0 Å². The Balaban J connectivity index is 2.11. The van der Waals surface area contributed by atoms with Crippen LogP contribution in [0.2, 0.25) is 0 Å². The summed E-state index contributed by atoms with van der Waals surface area (Å²) in [6, 6.07) is 18.5. The molecule has 0 aliphatic carbocycles. The standard InChI is InChI=1S/C16H17NO3/c1-15(18)14(12-8-4-2-5-9-12)16(19,17-20-15)13-10-6-3-7-11-13/h2-11,14,17-19H,1H3. The van der Waals surface area contributed by atoms with E-state index >= 15 is 0 Å². The average molecular weight is 271 g/mol. The molecule has 3 N–H and O–H groups in total. The van der Waals surface area contributed by atoms with Gasteiger partial charge in [-0.3, -0.25) is 4.84 Å². The molecule has 0 radical (unpaired) electrons. The predicted octanol–water partition coefficient (Wildman–Crippen LogP) is 1.86. The van der Waals surface area contributed by atoms with Crippen LogP contribution in [0.4, 0.5) is 0 Å². The van der Waals surface area contributed by atoms with Gasteiger partial charge >= 0.3 is 0 Å². The molecule has 4 heteroatoms. The monoisotopic (exact) mass is 271 g/mol. The summed E-state index contributed by atoms with van der Waals surface area (Å²) in [5.41, 5.74) is 2.56. The third kappa shape index (κ3) is 2.03. The molecule has 4 nitrogen and oxygen atoms in total. The Bertz CT molecular complexity index is 585. The highest BCUT2D eigenvalue weighted by Crippen LogP contribution is 2.47. The van der Waals surface area contributed by atoms with Gasteiger partial charge in [0.15, 0.2) is 11.5 Å². The van der Waals surface area contributed by atoms with E-state index in [1.807, 2.05) is 48.5 Å². The number of hydrogen-bond acceptors (Lipinski definition) is 4. The normalized spacial score (nSPS) is 33.2. The number of hydrogen-bond donors (Lipinski definition) is 3. The lowest BCUT2D eigenvalue weighted by Crippen LogP contribution is -2.42. The van der Waals surface area contributed by atoms with Crippen LogP contribution in [0.1, 0.15) is 24.0 Å². The summed E-state index contributed by atoms with van der Waals surface area (Å²) in [6.45, 7) is 1.54. The second-order valence-corrected chi connectivity index (χ2v) is 5.23. The van der Waals surface area contributed by atoms with Crippen molar-refractivity contribution in [1.82, 2.24) is 5.48 Å². The van der Waals surface area contributed by atoms with Gasteiger partial charge in [-0.05, 0) is 12.5 Å². The first-order chi connectivity index (χ1) is 9.54. The van der Waals surface area contributed by atoms with E-state index in [0.29, 0.717) is 5.56 Å². The van der Waals surface area contributed by atoms with Crippen LogP contribution in [0.25, 0.3) is 0 Å². The van der Waals surface area contributed by atoms with Crippen molar-refractivity contribution in [2.24, 2.45) is 0 Å². The highest BCUT2D eigenvalue weighted by atomic mass is 16.8. The number of nitrogens with one attached hydrogen (secondary N) is 1. The smallest absolute Gasteiger partial charge is 0.193 e. The molecule has 0 aromatic heterocycles. The molecule has 104 valence electrons. The van der Waals surface area contributed by atoms with Gasteiger partial charge in [-0.15, -0.1) is 0 Å². The summed E-state index contributed by atoms with van der Waals surface area (Å²) in [6.07, 6.45) is 0. The van der Waals surface area contributed by atoms with E-state index in [0.717, 1.165) is 5.56 Å². The lowest BCUT2D eigenvalue weighted by Gasteiger charge is -2.32. The molecule has 20 heavy (non-hydrogen) atoms. The molecule has 3 atom stereocenters. The van der Waals surface area contributed by atoms with Crippen LogP contribution in [-0.4, -0.2) is 16.0 Å². The minimum Gasteiger partial charge on any atom is -0.369 e. The molecule has 1 aliphatic heterocycles. The van der Waals surface area contributed by atoms with Gasteiger partial charge in [-0.25, -0.2) is 0 Å². The lowest BCUT2D eigenvalue weighted by molar-refractivity contribution is -0.197. The highest BCUT2D eigenvalue weighted by Gasteiger charge is 2.56. The lowest BCUT2D eigenvalue weighted by atomic mass is 9.80. The fourth-order valence-corrected chi connectivity index (χ4v) is 2.80. The molecule has 3 unspecified atom stereocenters. The van der Waals surface area contributed by atoms with Gasteiger partial charge in [-0.1, -0.05) is 60.7 Å². The van der Waals surface area contributed by atoms with Crippen molar-refractivity contribution < 1.29 is 15.1 Å². The summed E-state index contributed by atoms with van der Waals surface area (Å²) in [7, 11) is 0. The molecule has 3 rings (SSSR count). The molecule has 0 spiro atoms. The van der Waals surface area contributed by atoms with Gasteiger partial charge in [0.05, 0.1) is 5.92 Å². The first-order valence-corrected chi connectivity index (χ1v) is 6.54. The maximum atomic E-state index is 11.0. The molecule has 1 aliphatic rings. The molecular formula is C16H17NO3. The Morgan fingerprint density at radius 1 is 0.950 bits per heavy atom. The van der Waals surface area contributed by atoms with Crippen molar-refractivity contribution in [1.29, 1.82) is 0 Å². The molecule has 0 amide bonds. The Morgan fingerprint density at radius 3 is 2.10 bits per heavy atom. The van der Waals surface area contributed by atoms with Gasteiger partial charge in [0.25, 0.3) is 0 Å². The molecule has 2 aromatic rings. The van der Waals surface area contributed by atoms with Crippen LogP contribution in [0.15, 0.2) is 60.7 Å². The Hall–Kier alpha value is -1.72. The van der Waals surface area contributed by atoms with Crippen molar-refractivity contribution in [3.05, 3.63) is 71.8 Å². The Kier molecular flexibility index (Phi) is 3.11. The van der Waals surface area contributed by atoms with Crippen molar-refractivity contribution in [2.45, 2.75) is 24.4 Å². The van der Waals surface area contributed by atoms with Gasteiger partial charge in [-0.2, -0.15) is 5.48 Å². The third-order valence-corrected chi connectivity index (χ3v) is 3.71. The molecule has 2 aromatic carbocycles.